The fraction of sp³-hybridized carbons (Fsp3) is 0.286. The minimum atomic E-state index is -1.56. The van der Waals surface area contributed by atoms with Crippen LogP contribution in [-0.2, 0) is 33.1 Å². The molecule has 126 valence electrons. The Morgan fingerprint density at radius 2 is 1.26 bits per heavy atom. The first-order chi connectivity index (χ1) is 10.9. The maximum absolute atomic E-state index is 9.05. The van der Waals surface area contributed by atoms with Gasteiger partial charge in [0.25, 0.3) is 11.5 Å². The first-order valence-corrected chi connectivity index (χ1v) is 7.72. The van der Waals surface area contributed by atoms with Crippen molar-refractivity contribution in [1.82, 2.24) is 0 Å². The van der Waals surface area contributed by atoms with Crippen LogP contribution in [0.4, 0.5) is 0 Å². The van der Waals surface area contributed by atoms with Crippen molar-refractivity contribution in [3.8, 4) is 11.5 Å². The summed E-state index contributed by atoms with van der Waals surface area (Å²) < 4.78 is 25.4. The summed E-state index contributed by atoms with van der Waals surface area (Å²) in [6.07, 6.45) is 3.82. The molecule has 0 aromatic carbocycles. The van der Waals surface area contributed by atoms with E-state index < -0.39 is 16.6 Å². The van der Waals surface area contributed by atoms with Crippen LogP contribution >= 0.6 is 0 Å². The second-order valence-electron chi connectivity index (χ2n) is 3.94. The quantitative estimate of drug-likeness (QED) is 0.657. The average molecular weight is 366 g/mol. The number of aryl methyl sites for hydroxylation is 2. The fourth-order valence-corrected chi connectivity index (χ4v) is 1.42. The molecule has 23 heavy (non-hydrogen) atoms. The number of aromatic hydroxyl groups is 2. The Morgan fingerprint density at radius 1 is 0.957 bits per heavy atom. The molecule has 0 fully saturated rings. The van der Waals surface area contributed by atoms with E-state index in [2.05, 4.69) is 0 Å². The molecule has 0 amide bonds. The van der Waals surface area contributed by atoms with Crippen LogP contribution in [0.3, 0.4) is 0 Å². The summed E-state index contributed by atoms with van der Waals surface area (Å²) in [6, 6.07) is 2.60. The predicted molar refractivity (Wildman–Crippen MR) is 72.5 cm³/mol. The van der Waals surface area contributed by atoms with Crippen molar-refractivity contribution in [3.63, 3.8) is 0 Å². The molecular weight excluding hydrogens is 347 g/mol. The summed E-state index contributed by atoms with van der Waals surface area (Å²) in [5.41, 5.74) is -0.272. The van der Waals surface area contributed by atoms with Gasteiger partial charge in [0, 0.05) is 12.8 Å². The van der Waals surface area contributed by atoms with E-state index in [1.54, 1.807) is 0 Å². The van der Waals surface area contributed by atoms with E-state index in [0.29, 0.717) is 24.4 Å². The molecule has 0 saturated heterocycles. The molecule has 2 aromatic rings. The van der Waals surface area contributed by atoms with Crippen molar-refractivity contribution in [1.29, 1.82) is 0 Å². The first-order valence-electron chi connectivity index (χ1n) is 6.52. The third-order valence-electron chi connectivity index (χ3n) is 2.53. The Hall–Kier alpha value is -2.16. The summed E-state index contributed by atoms with van der Waals surface area (Å²) in [6.45, 7) is 3.66. The van der Waals surface area contributed by atoms with Crippen molar-refractivity contribution in [2.24, 2.45) is 0 Å². The number of hydrogen-bond acceptors (Lipinski definition) is 5. The molecule has 0 aliphatic rings. The Balaban J connectivity index is 0.000000360. The zero-order valence-electron chi connectivity index (χ0n) is 12.6. The fourth-order valence-electron chi connectivity index (χ4n) is 1.42. The molecule has 0 atom stereocenters. The first kappa shape index (κ1) is 20.8. The van der Waals surface area contributed by atoms with Crippen molar-refractivity contribution in [2.75, 3.05) is 0 Å². The van der Waals surface area contributed by atoms with Crippen LogP contribution in [0.25, 0.3) is 0 Å². The molecule has 9 heteroatoms. The van der Waals surface area contributed by atoms with Crippen LogP contribution in [0, 0.1) is 0 Å². The molecule has 2 heterocycles. The molecule has 0 unspecified atom stereocenters. The molecule has 0 saturated carbocycles. The second kappa shape index (κ2) is 11.4. The van der Waals surface area contributed by atoms with E-state index in [9.17, 15) is 0 Å². The molecular formula is C14H19O8V+2. The summed E-state index contributed by atoms with van der Waals surface area (Å²) >= 11 is -1.56. The normalized spacial score (nSPS) is 9.00. The van der Waals surface area contributed by atoms with Gasteiger partial charge in [0.2, 0.25) is 0 Å². The van der Waals surface area contributed by atoms with Crippen molar-refractivity contribution in [2.45, 2.75) is 26.7 Å². The summed E-state index contributed by atoms with van der Waals surface area (Å²) in [4.78, 5) is 17.8. The van der Waals surface area contributed by atoms with Gasteiger partial charge in [0.15, 0.2) is 11.5 Å². The van der Waals surface area contributed by atoms with Crippen LogP contribution in [0.15, 0.2) is 33.5 Å². The second-order valence-corrected chi connectivity index (χ2v) is 4.20. The van der Waals surface area contributed by atoms with Crippen LogP contribution in [0.2, 0.25) is 0 Å². The topological polar surface area (TPSA) is 147 Å². The molecule has 0 aliphatic carbocycles. The van der Waals surface area contributed by atoms with Gasteiger partial charge >= 0.3 is 35.2 Å². The predicted octanol–water partition coefficient (Wildman–Crippen LogP) is 0.426. The molecule has 0 radical (unpaired) electrons. The summed E-state index contributed by atoms with van der Waals surface area (Å²) in [7, 11) is 0. The molecule has 0 spiro atoms. The van der Waals surface area contributed by atoms with Crippen LogP contribution in [-0.4, -0.2) is 23.8 Å². The van der Waals surface area contributed by atoms with E-state index >= 15 is 0 Å². The zero-order chi connectivity index (χ0) is 17.8. The van der Waals surface area contributed by atoms with Crippen molar-refractivity contribution < 1.29 is 52.9 Å². The van der Waals surface area contributed by atoms with Crippen LogP contribution < -0.4 is 10.9 Å². The molecule has 5 N–H and O–H groups in total. The molecule has 2 aromatic heterocycles. The van der Waals surface area contributed by atoms with Gasteiger partial charge in [-0.1, -0.05) is 13.8 Å². The van der Waals surface area contributed by atoms with Gasteiger partial charge in [-0.2, -0.15) is 0 Å². The van der Waals surface area contributed by atoms with E-state index in [0.717, 1.165) is 0 Å². The van der Waals surface area contributed by atoms with E-state index in [4.69, 9.17) is 36.3 Å². The Bertz CT molecular complexity index is 660. The molecule has 8 nitrogen and oxygen atoms in total. The molecule has 0 aliphatic heterocycles. The van der Waals surface area contributed by atoms with Crippen LogP contribution in [0.1, 0.15) is 25.4 Å². The Kier molecular flexibility index (Phi) is 10.3. The van der Waals surface area contributed by atoms with E-state index in [1.807, 2.05) is 13.8 Å². The summed E-state index contributed by atoms with van der Waals surface area (Å²) in [5, 5.41) is 18.1. The van der Waals surface area contributed by atoms with Gasteiger partial charge in [-0.25, -0.2) is 0 Å². The zero-order valence-corrected chi connectivity index (χ0v) is 14.0. The molecule has 2 rings (SSSR count). The monoisotopic (exact) mass is 366 g/mol. The third-order valence-corrected chi connectivity index (χ3v) is 2.53. The maximum atomic E-state index is 9.05. The van der Waals surface area contributed by atoms with E-state index in [1.165, 1.54) is 24.7 Å². The average Bonchev–Trinajstić information content (AvgIpc) is 2.54. The minimum absolute atomic E-state index is 0.136. The standard InChI is InChI=1S/2C7H8O3.H2O.O.V/c2*1-2-6-7(9)5(8)3-4-10-6;;;/h2*3-4,9H,2H2,1H3;1H2;;/q;;;;+1/p+1. The number of hydrogen-bond donors (Lipinski definition) is 3. The third kappa shape index (κ3) is 7.09. The van der Waals surface area contributed by atoms with Crippen molar-refractivity contribution in [3.05, 3.63) is 47.0 Å². The SMILES string of the molecule is CCc1occc(=[OH+])c1O.CCc1occc(=[OH+])c1O.[O]=[V][OH]. The Labute approximate surface area is 138 Å². The van der Waals surface area contributed by atoms with E-state index in [-0.39, 0.29) is 22.4 Å². The molecule has 0 bridgehead atoms. The number of rotatable bonds is 2. The van der Waals surface area contributed by atoms with Crippen molar-refractivity contribution >= 4 is 0 Å². The van der Waals surface area contributed by atoms with Crippen LogP contribution in [0.5, 0.6) is 11.5 Å². The van der Waals surface area contributed by atoms with Gasteiger partial charge in [-0.05, 0) is 0 Å². The van der Waals surface area contributed by atoms with Gasteiger partial charge in [0.1, 0.15) is 12.5 Å². The van der Waals surface area contributed by atoms with Gasteiger partial charge in [-0.15, -0.1) is 0 Å². The van der Waals surface area contributed by atoms with Gasteiger partial charge in [0.05, 0.1) is 12.1 Å². The van der Waals surface area contributed by atoms with Gasteiger partial charge in [-0.3, -0.25) is 9.59 Å². The van der Waals surface area contributed by atoms with Gasteiger partial charge < -0.3 is 19.0 Å². The summed E-state index contributed by atoms with van der Waals surface area (Å²) in [5.74, 6) is 0.481. The Morgan fingerprint density at radius 3 is 1.48 bits per heavy atom.